The van der Waals surface area contributed by atoms with Crippen LogP contribution in [0.3, 0.4) is 0 Å². The molecular formula is C10H8BrNO3S. The molecule has 0 saturated carbocycles. The number of carbonyl (C=O) groups is 1. The van der Waals surface area contributed by atoms with Crippen molar-refractivity contribution in [2.24, 2.45) is 7.05 Å². The number of methoxy groups -OCH3 is 1. The van der Waals surface area contributed by atoms with Crippen LogP contribution in [0.1, 0.15) is 9.67 Å². The molecule has 0 bridgehead atoms. The summed E-state index contributed by atoms with van der Waals surface area (Å²) in [4.78, 5) is 23.6. The van der Waals surface area contributed by atoms with Gasteiger partial charge in [0.05, 0.1) is 21.7 Å². The second-order valence-corrected chi connectivity index (χ2v) is 5.14. The predicted molar refractivity (Wildman–Crippen MR) is 66.1 cm³/mol. The highest BCUT2D eigenvalue weighted by Gasteiger charge is 2.14. The van der Waals surface area contributed by atoms with E-state index in [4.69, 9.17) is 0 Å². The molecule has 0 N–H and O–H groups in total. The summed E-state index contributed by atoms with van der Waals surface area (Å²) in [5.41, 5.74) is -0.121. The van der Waals surface area contributed by atoms with Crippen molar-refractivity contribution >= 4 is 43.3 Å². The van der Waals surface area contributed by atoms with Gasteiger partial charge in [0.15, 0.2) is 0 Å². The number of hydrogen-bond acceptors (Lipinski definition) is 4. The average molecular weight is 302 g/mol. The number of esters is 1. The van der Waals surface area contributed by atoms with Crippen molar-refractivity contribution < 1.29 is 9.53 Å². The fourth-order valence-electron chi connectivity index (χ4n) is 1.41. The van der Waals surface area contributed by atoms with Crippen molar-refractivity contribution in [1.82, 2.24) is 4.57 Å². The van der Waals surface area contributed by atoms with E-state index < -0.39 is 5.97 Å². The minimum atomic E-state index is -0.421. The predicted octanol–water partition coefficient (Wildman–Crippen LogP) is 2.15. The molecule has 2 heterocycles. The zero-order valence-electron chi connectivity index (χ0n) is 8.61. The maximum Gasteiger partial charge on any atom is 0.348 e. The van der Waals surface area contributed by atoms with E-state index in [1.807, 2.05) is 0 Å². The number of pyridine rings is 1. The second kappa shape index (κ2) is 4.03. The van der Waals surface area contributed by atoms with Crippen molar-refractivity contribution in [3.05, 3.63) is 32.0 Å². The van der Waals surface area contributed by atoms with Crippen molar-refractivity contribution in [3.8, 4) is 0 Å². The standard InChI is InChI=1S/C10H8BrNO3S/c1-12-4-6(11)8-5(9(12)13)3-7(16-8)10(14)15-2/h3-4H,1-2H3. The maximum atomic E-state index is 11.8. The summed E-state index contributed by atoms with van der Waals surface area (Å²) in [5.74, 6) is -0.421. The van der Waals surface area contributed by atoms with Crippen LogP contribution in [0.5, 0.6) is 0 Å². The fourth-order valence-corrected chi connectivity index (χ4v) is 3.14. The van der Waals surface area contributed by atoms with E-state index in [0.29, 0.717) is 10.3 Å². The first-order valence-electron chi connectivity index (χ1n) is 4.41. The highest BCUT2D eigenvalue weighted by Crippen LogP contribution is 2.29. The number of thiophene rings is 1. The monoisotopic (exact) mass is 301 g/mol. The summed E-state index contributed by atoms with van der Waals surface area (Å²) >= 11 is 4.61. The molecule has 6 heteroatoms. The lowest BCUT2D eigenvalue weighted by Crippen LogP contribution is -2.15. The van der Waals surface area contributed by atoms with E-state index in [2.05, 4.69) is 20.7 Å². The van der Waals surface area contributed by atoms with Crippen molar-refractivity contribution in [3.63, 3.8) is 0 Å². The van der Waals surface area contributed by atoms with Crippen LogP contribution in [0.15, 0.2) is 21.5 Å². The van der Waals surface area contributed by atoms with Gasteiger partial charge in [-0.15, -0.1) is 11.3 Å². The second-order valence-electron chi connectivity index (χ2n) is 3.24. The van der Waals surface area contributed by atoms with Crippen molar-refractivity contribution in [1.29, 1.82) is 0 Å². The Morgan fingerprint density at radius 1 is 1.56 bits per heavy atom. The average Bonchev–Trinajstić information content (AvgIpc) is 2.70. The summed E-state index contributed by atoms with van der Waals surface area (Å²) in [5, 5.41) is 0.530. The summed E-state index contributed by atoms with van der Waals surface area (Å²) in [6.07, 6.45) is 1.68. The Morgan fingerprint density at radius 3 is 2.88 bits per heavy atom. The first-order valence-corrected chi connectivity index (χ1v) is 6.02. The molecule has 0 spiro atoms. The van der Waals surface area contributed by atoms with Crippen LogP contribution in [0.2, 0.25) is 0 Å². The van der Waals surface area contributed by atoms with Gasteiger partial charge in [-0.1, -0.05) is 0 Å². The fraction of sp³-hybridized carbons (Fsp3) is 0.200. The van der Waals surface area contributed by atoms with E-state index in [9.17, 15) is 9.59 Å². The topological polar surface area (TPSA) is 48.3 Å². The zero-order valence-corrected chi connectivity index (χ0v) is 11.0. The van der Waals surface area contributed by atoms with Gasteiger partial charge in [-0.2, -0.15) is 0 Å². The maximum absolute atomic E-state index is 11.8. The summed E-state index contributed by atoms with van der Waals surface area (Å²) in [6.45, 7) is 0. The van der Waals surface area contributed by atoms with Gasteiger partial charge in [-0.25, -0.2) is 4.79 Å². The molecule has 84 valence electrons. The minimum Gasteiger partial charge on any atom is -0.465 e. The van der Waals surface area contributed by atoms with E-state index in [-0.39, 0.29) is 5.56 Å². The molecule has 0 amide bonds. The molecule has 0 aromatic carbocycles. The Morgan fingerprint density at radius 2 is 2.25 bits per heavy atom. The van der Waals surface area contributed by atoms with Gasteiger partial charge in [0, 0.05) is 13.2 Å². The molecule has 4 nitrogen and oxygen atoms in total. The lowest BCUT2D eigenvalue weighted by molar-refractivity contribution is 0.0606. The van der Waals surface area contributed by atoms with Crippen LogP contribution in [0, 0.1) is 0 Å². The number of rotatable bonds is 1. The number of hydrogen-bond donors (Lipinski definition) is 0. The number of aryl methyl sites for hydroxylation is 1. The van der Waals surface area contributed by atoms with E-state index in [0.717, 1.165) is 9.17 Å². The van der Waals surface area contributed by atoms with E-state index in [1.54, 1.807) is 19.3 Å². The Hall–Kier alpha value is -1.14. The molecule has 0 atom stereocenters. The molecule has 0 saturated heterocycles. The van der Waals surface area contributed by atoms with Gasteiger partial charge in [0.25, 0.3) is 5.56 Å². The van der Waals surface area contributed by atoms with Crippen LogP contribution in [0.25, 0.3) is 10.1 Å². The van der Waals surface area contributed by atoms with Gasteiger partial charge in [-0.05, 0) is 22.0 Å². The smallest absolute Gasteiger partial charge is 0.348 e. The summed E-state index contributed by atoms with van der Waals surface area (Å²) in [7, 11) is 2.99. The Balaban J connectivity index is 2.80. The molecule has 0 aliphatic rings. The summed E-state index contributed by atoms with van der Waals surface area (Å²) in [6, 6.07) is 1.57. The van der Waals surface area contributed by atoms with Crippen LogP contribution in [-0.4, -0.2) is 17.6 Å². The molecule has 0 aliphatic heterocycles. The quantitative estimate of drug-likeness (QED) is 0.758. The van der Waals surface area contributed by atoms with E-state index in [1.165, 1.54) is 23.0 Å². The summed E-state index contributed by atoms with van der Waals surface area (Å²) < 4.78 is 7.66. The minimum absolute atomic E-state index is 0.121. The number of carbonyl (C=O) groups excluding carboxylic acids is 1. The third kappa shape index (κ3) is 1.68. The molecule has 16 heavy (non-hydrogen) atoms. The normalized spacial score (nSPS) is 10.7. The SMILES string of the molecule is COC(=O)c1cc2c(=O)n(C)cc(Br)c2s1. The van der Waals surface area contributed by atoms with Crippen LogP contribution >= 0.6 is 27.3 Å². The molecule has 0 fully saturated rings. The van der Waals surface area contributed by atoms with Crippen LogP contribution < -0.4 is 5.56 Å². The number of aromatic nitrogens is 1. The zero-order chi connectivity index (χ0) is 11.9. The third-order valence-electron chi connectivity index (χ3n) is 2.19. The van der Waals surface area contributed by atoms with Crippen molar-refractivity contribution in [2.75, 3.05) is 7.11 Å². The van der Waals surface area contributed by atoms with Gasteiger partial charge in [-0.3, -0.25) is 4.79 Å². The molecule has 0 unspecified atom stereocenters. The lowest BCUT2D eigenvalue weighted by atomic mass is 10.3. The van der Waals surface area contributed by atoms with Gasteiger partial charge in [0.2, 0.25) is 0 Å². The molecule has 2 rings (SSSR count). The van der Waals surface area contributed by atoms with Crippen LogP contribution in [0.4, 0.5) is 0 Å². The molecule has 0 radical (unpaired) electrons. The third-order valence-corrected chi connectivity index (χ3v) is 4.21. The first-order chi connectivity index (χ1) is 7.54. The lowest BCUT2D eigenvalue weighted by Gasteiger charge is -1.98. The Kier molecular flexibility index (Phi) is 2.86. The number of fused-ring (bicyclic) bond motifs is 1. The molecule has 2 aromatic heterocycles. The molecule has 2 aromatic rings. The highest BCUT2D eigenvalue weighted by atomic mass is 79.9. The van der Waals surface area contributed by atoms with Gasteiger partial charge < -0.3 is 9.30 Å². The number of nitrogens with zero attached hydrogens (tertiary/aromatic N) is 1. The first kappa shape index (κ1) is 11.3. The number of ether oxygens (including phenoxy) is 1. The number of halogens is 1. The molecular weight excluding hydrogens is 294 g/mol. The van der Waals surface area contributed by atoms with Gasteiger partial charge in [0.1, 0.15) is 4.88 Å². The highest BCUT2D eigenvalue weighted by molar-refractivity contribution is 9.10. The Bertz CT molecular complexity index is 629. The Labute approximate surface area is 104 Å². The largest absolute Gasteiger partial charge is 0.465 e. The van der Waals surface area contributed by atoms with Crippen LogP contribution in [-0.2, 0) is 11.8 Å². The van der Waals surface area contributed by atoms with Crippen molar-refractivity contribution in [2.45, 2.75) is 0 Å². The van der Waals surface area contributed by atoms with E-state index >= 15 is 0 Å². The van der Waals surface area contributed by atoms with Gasteiger partial charge >= 0.3 is 5.97 Å². The molecule has 0 aliphatic carbocycles.